The number of ether oxygens (including phenoxy) is 1. The SMILES string of the molecule is CCc1[nH]c(=O)ccc1C(=O)N[C@H]1COC[C@H]1Cc1ccncc1. The van der Waals surface area contributed by atoms with Crippen molar-refractivity contribution in [2.45, 2.75) is 25.8 Å². The molecule has 1 aliphatic heterocycles. The lowest BCUT2D eigenvalue weighted by atomic mass is 9.95. The van der Waals surface area contributed by atoms with Gasteiger partial charge in [0.05, 0.1) is 24.8 Å². The van der Waals surface area contributed by atoms with Crippen molar-refractivity contribution < 1.29 is 9.53 Å². The number of carbonyl (C=O) groups is 1. The maximum Gasteiger partial charge on any atom is 0.253 e. The number of carbonyl (C=O) groups excluding carboxylic acids is 1. The summed E-state index contributed by atoms with van der Waals surface area (Å²) in [4.78, 5) is 30.8. The van der Waals surface area contributed by atoms with Gasteiger partial charge in [-0.05, 0) is 36.6 Å². The Labute approximate surface area is 140 Å². The van der Waals surface area contributed by atoms with Crippen LogP contribution in [-0.2, 0) is 17.6 Å². The Hall–Kier alpha value is -2.47. The fourth-order valence-corrected chi connectivity index (χ4v) is 3.04. The molecular formula is C18H21N3O3. The van der Waals surface area contributed by atoms with Crippen LogP contribution in [0.1, 0.15) is 28.5 Å². The predicted molar refractivity (Wildman–Crippen MR) is 89.9 cm³/mol. The van der Waals surface area contributed by atoms with Gasteiger partial charge in [0.2, 0.25) is 5.56 Å². The van der Waals surface area contributed by atoms with Gasteiger partial charge in [-0.25, -0.2) is 0 Å². The molecule has 6 nitrogen and oxygen atoms in total. The Morgan fingerprint density at radius 2 is 2.08 bits per heavy atom. The number of hydrogen-bond donors (Lipinski definition) is 2. The summed E-state index contributed by atoms with van der Waals surface area (Å²) in [6.45, 7) is 3.04. The van der Waals surface area contributed by atoms with Gasteiger partial charge in [0, 0.05) is 30.1 Å². The van der Waals surface area contributed by atoms with Crippen LogP contribution >= 0.6 is 0 Å². The summed E-state index contributed by atoms with van der Waals surface area (Å²) >= 11 is 0. The molecule has 1 amide bonds. The first-order valence-corrected chi connectivity index (χ1v) is 8.17. The highest BCUT2D eigenvalue weighted by Crippen LogP contribution is 2.19. The summed E-state index contributed by atoms with van der Waals surface area (Å²) in [5.41, 5.74) is 2.16. The number of aryl methyl sites for hydroxylation is 1. The minimum Gasteiger partial charge on any atom is -0.379 e. The predicted octanol–water partition coefficient (Wildman–Crippen LogP) is 1.32. The first kappa shape index (κ1) is 16.4. The Bertz CT molecular complexity index is 758. The van der Waals surface area contributed by atoms with E-state index in [2.05, 4.69) is 15.3 Å². The molecule has 0 unspecified atom stereocenters. The van der Waals surface area contributed by atoms with Crippen molar-refractivity contribution in [2.75, 3.05) is 13.2 Å². The maximum absolute atomic E-state index is 12.6. The minimum atomic E-state index is -0.192. The highest BCUT2D eigenvalue weighted by atomic mass is 16.5. The van der Waals surface area contributed by atoms with Crippen molar-refractivity contribution in [3.8, 4) is 0 Å². The number of H-pyrrole nitrogens is 1. The van der Waals surface area contributed by atoms with Crippen LogP contribution in [0.4, 0.5) is 0 Å². The standard InChI is InChI=1S/C18H21N3O3/c1-2-15-14(3-4-17(22)20-15)18(23)21-16-11-24-10-13(16)9-12-5-7-19-8-6-12/h3-8,13,16H,2,9-11H2,1H3,(H,20,22)(H,21,23)/t13-,16+/m1/s1. The van der Waals surface area contributed by atoms with E-state index >= 15 is 0 Å². The summed E-state index contributed by atoms with van der Waals surface area (Å²) in [5, 5.41) is 3.06. The third kappa shape index (κ3) is 3.71. The summed E-state index contributed by atoms with van der Waals surface area (Å²) in [5.74, 6) is 0.0579. The van der Waals surface area contributed by atoms with Crippen molar-refractivity contribution in [1.82, 2.24) is 15.3 Å². The van der Waals surface area contributed by atoms with Crippen LogP contribution in [0.3, 0.4) is 0 Å². The van der Waals surface area contributed by atoms with Crippen LogP contribution in [0.5, 0.6) is 0 Å². The van der Waals surface area contributed by atoms with Crippen molar-refractivity contribution in [3.63, 3.8) is 0 Å². The Kier molecular flexibility index (Phi) is 5.05. The summed E-state index contributed by atoms with van der Waals surface area (Å²) in [6.07, 6.45) is 4.97. The molecule has 0 aliphatic carbocycles. The quantitative estimate of drug-likeness (QED) is 0.867. The molecule has 6 heteroatoms. The zero-order valence-corrected chi connectivity index (χ0v) is 13.6. The second-order valence-electron chi connectivity index (χ2n) is 6.01. The molecule has 0 saturated carbocycles. The topological polar surface area (TPSA) is 84.1 Å². The summed E-state index contributed by atoms with van der Waals surface area (Å²) in [7, 11) is 0. The molecule has 2 aromatic heterocycles. The molecule has 126 valence electrons. The van der Waals surface area contributed by atoms with Gasteiger partial charge in [0.25, 0.3) is 5.91 Å². The minimum absolute atomic E-state index is 0.0395. The number of pyridine rings is 2. The van der Waals surface area contributed by atoms with Gasteiger partial charge in [-0.2, -0.15) is 0 Å². The number of amides is 1. The maximum atomic E-state index is 12.6. The molecule has 2 N–H and O–H groups in total. The van der Waals surface area contributed by atoms with E-state index in [1.165, 1.54) is 11.6 Å². The molecule has 0 radical (unpaired) electrons. The number of nitrogens with one attached hydrogen (secondary N) is 2. The van der Waals surface area contributed by atoms with Gasteiger partial charge in [-0.15, -0.1) is 0 Å². The molecule has 3 heterocycles. The first-order valence-electron chi connectivity index (χ1n) is 8.17. The van der Waals surface area contributed by atoms with Crippen molar-refractivity contribution in [3.05, 3.63) is 63.8 Å². The number of aromatic nitrogens is 2. The van der Waals surface area contributed by atoms with E-state index < -0.39 is 0 Å². The van der Waals surface area contributed by atoms with E-state index in [-0.39, 0.29) is 23.4 Å². The highest BCUT2D eigenvalue weighted by molar-refractivity contribution is 5.95. The second-order valence-corrected chi connectivity index (χ2v) is 6.01. The van der Waals surface area contributed by atoms with Crippen LogP contribution in [0, 0.1) is 5.92 Å². The van der Waals surface area contributed by atoms with Gasteiger partial charge in [0.15, 0.2) is 0 Å². The molecule has 0 aromatic carbocycles. The fourth-order valence-electron chi connectivity index (χ4n) is 3.04. The summed E-state index contributed by atoms with van der Waals surface area (Å²) in [6, 6.07) is 6.89. The van der Waals surface area contributed by atoms with E-state index in [0.717, 1.165) is 6.42 Å². The third-order valence-electron chi connectivity index (χ3n) is 4.36. The lowest BCUT2D eigenvalue weighted by Gasteiger charge is -2.19. The number of rotatable bonds is 5. The van der Waals surface area contributed by atoms with Crippen molar-refractivity contribution in [1.29, 1.82) is 0 Å². The average molecular weight is 327 g/mol. The van der Waals surface area contributed by atoms with Crippen LogP contribution in [-0.4, -0.2) is 35.1 Å². The van der Waals surface area contributed by atoms with Crippen molar-refractivity contribution in [2.24, 2.45) is 5.92 Å². The first-order chi connectivity index (χ1) is 11.7. The molecule has 24 heavy (non-hydrogen) atoms. The van der Waals surface area contributed by atoms with Crippen LogP contribution in [0.2, 0.25) is 0 Å². The molecule has 3 rings (SSSR count). The van der Waals surface area contributed by atoms with E-state index in [1.54, 1.807) is 18.5 Å². The van der Waals surface area contributed by atoms with E-state index in [0.29, 0.717) is 30.9 Å². The Morgan fingerprint density at radius 3 is 2.83 bits per heavy atom. The van der Waals surface area contributed by atoms with E-state index in [9.17, 15) is 9.59 Å². The molecule has 2 atom stereocenters. The highest BCUT2D eigenvalue weighted by Gasteiger charge is 2.30. The monoisotopic (exact) mass is 327 g/mol. The van der Waals surface area contributed by atoms with E-state index in [1.807, 2.05) is 19.1 Å². The van der Waals surface area contributed by atoms with Crippen molar-refractivity contribution >= 4 is 5.91 Å². The zero-order valence-electron chi connectivity index (χ0n) is 13.6. The molecular weight excluding hydrogens is 306 g/mol. The van der Waals surface area contributed by atoms with Gasteiger partial charge in [0.1, 0.15) is 0 Å². The molecule has 1 aliphatic rings. The van der Waals surface area contributed by atoms with Gasteiger partial charge in [-0.1, -0.05) is 6.92 Å². The Balaban J connectivity index is 1.70. The lowest BCUT2D eigenvalue weighted by molar-refractivity contribution is 0.0923. The van der Waals surface area contributed by atoms with Crippen LogP contribution in [0.25, 0.3) is 0 Å². The number of aromatic amines is 1. The molecule has 1 saturated heterocycles. The van der Waals surface area contributed by atoms with Gasteiger partial charge < -0.3 is 15.0 Å². The second kappa shape index (κ2) is 7.40. The average Bonchev–Trinajstić information content (AvgIpc) is 3.02. The molecule has 0 spiro atoms. The third-order valence-corrected chi connectivity index (χ3v) is 4.36. The lowest BCUT2D eigenvalue weighted by Crippen LogP contribution is -2.41. The van der Waals surface area contributed by atoms with E-state index in [4.69, 9.17) is 4.74 Å². The molecule has 0 bridgehead atoms. The largest absolute Gasteiger partial charge is 0.379 e. The smallest absolute Gasteiger partial charge is 0.253 e. The van der Waals surface area contributed by atoms with Crippen LogP contribution < -0.4 is 10.9 Å². The zero-order chi connectivity index (χ0) is 16.9. The number of hydrogen-bond acceptors (Lipinski definition) is 4. The summed E-state index contributed by atoms with van der Waals surface area (Å²) < 4.78 is 5.57. The number of nitrogens with zero attached hydrogens (tertiary/aromatic N) is 1. The fraction of sp³-hybridized carbons (Fsp3) is 0.389. The Morgan fingerprint density at radius 1 is 1.29 bits per heavy atom. The van der Waals surface area contributed by atoms with Crippen LogP contribution in [0.15, 0.2) is 41.5 Å². The molecule has 2 aromatic rings. The van der Waals surface area contributed by atoms with Gasteiger partial charge >= 0.3 is 0 Å². The van der Waals surface area contributed by atoms with Gasteiger partial charge in [-0.3, -0.25) is 14.6 Å². The molecule has 1 fully saturated rings. The normalized spacial score (nSPS) is 20.0.